The third-order valence-corrected chi connectivity index (χ3v) is 5.69. The number of nitrogens with zero attached hydrogens (tertiary/aromatic N) is 2. The van der Waals surface area contributed by atoms with E-state index in [2.05, 4.69) is 22.4 Å². The van der Waals surface area contributed by atoms with Crippen molar-refractivity contribution in [2.45, 2.75) is 44.8 Å². The number of piperidine rings is 1. The molecule has 0 aliphatic carbocycles. The second-order valence-electron chi connectivity index (χ2n) is 7.72. The van der Waals surface area contributed by atoms with Gasteiger partial charge in [0.2, 0.25) is 5.91 Å². The fourth-order valence-corrected chi connectivity index (χ4v) is 3.92. The highest BCUT2D eigenvalue weighted by molar-refractivity contribution is 6.33. The SMILES string of the molecule is CC(CCc1ccccc1)NC(=O)C1CCN(c2ncc(C(F)(F)F)cc2Cl)CC1. The summed E-state index contributed by atoms with van der Waals surface area (Å²) in [6, 6.07) is 11.1. The molecule has 1 aliphatic heterocycles. The largest absolute Gasteiger partial charge is 0.417 e. The van der Waals surface area contributed by atoms with Gasteiger partial charge in [0.25, 0.3) is 0 Å². The topological polar surface area (TPSA) is 45.2 Å². The van der Waals surface area contributed by atoms with E-state index in [1.54, 1.807) is 0 Å². The highest BCUT2D eigenvalue weighted by atomic mass is 35.5. The summed E-state index contributed by atoms with van der Waals surface area (Å²) >= 11 is 6.04. The minimum absolute atomic E-state index is 0.0257. The Hall–Kier alpha value is -2.28. The summed E-state index contributed by atoms with van der Waals surface area (Å²) < 4.78 is 38.3. The molecule has 0 bridgehead atoms. The molecule has 8 heteroatoms. The first-order valence-electron chi connectivity index (χ1n) is 10.1. The number of anilines is 1. The van der Waals surface area contributed by atoms with Crippen molar-refractivity contribution in [3.05, 3.63) is 58.7 Å². The van der Waals surface area contributed by atoms with Crippen molar-refractivity contribution in [2.75, 3.05) is 18.0 Å². The molecule has 162 valence electrons. The summed E-state index contributed by atoms with van der Waals surface area (Å²) in [4.78, 5) is 18.3. The van der Waals surface area contributed by atoms with Crippen molar-refractivity contribution in [1.82, 2.24) is 10.3 Å². The number of nitrogens with one attached hydrogen (secondary N) is 1. The van der Waals surface area contributed by atoms with Crippen molar-refractivity contribution in [3.8, 4) is 0 Å². The zero-order chi connectivity index (χ0) is 21.7. The monoisotopic (exact) mass is 439 g/mol. The molecule has 1 N–H and O–H groups in total. The van der Waals surface area contributed by atoms with Crippen LogP contribution < -0.4 is 10.2 Å². The molecule has 1 aromatic heterocycles. The average molecular weight is 440 g/mol. The number of pyridine rings is 1. The summed E-state index contributed by atoms with van der Waals surface area (Å²) in [5.74, 6) is 0.245. The third-order valence-electron chi connectivity index (χ3n) is 5.41. The second-order valence-corrected chi connectivity index (χ2v) is 8.13. The smallest absolute Gasteiger partial charge is 0.355 e. The van der Waals surface area contributed by atoms with E-state index in [1.165, 1.54) is 5.56 Å². The van der Waals surface area contributed by atoms with Crippen LogP contribution >= 0.6 is 11.6 Å². The van der Waals surface area contributed by atoms with E-state index >= 15 is 0 Å². The number of aromatic nitrogens is 1. The van der Waals surface area contributed by atoms with Gasteiger partial charge < -0.3 is 10.2 Å². The zero-order valence-electron chi connectivity index (χ0n) is 16.8. The molecule has 0 radical (unpaired) electrons. The summed E-state index contributed by atoms with van der Waals surface area (Å²) in [7, 11) is 0. The normalized spacial score (nSPS) is 16.4. The lowest BCUT2D eigenvalue weighted by Crippen LogP contribution is -2.43. The lowest BCUT2D eigenvalue weighted by molar-refractivity contribution is -0.137. The van der Waals surface area contributed by atoms with Gasteiger partial charge >= 0.3 is 6.18 Å². The van der Waals surface area contributed by atoms with Crippen molar-refractivity contribution < 1.29 is 18.0 Å². The van der Waals surface area contributed by atoms with E-state index in [1.807, 2.05) is 30.0 Å². The van der Waals surface area contributed by atoms with Crippen LogP contribution in [-0.4, -0.2) is 30.0 Å². The molecule has 1 fully saturated rings. The van der Waals surface area contributed by atoms with Crippen molar-refractivity contribution in [3.63, 3.8) is 0 Å². The standard InChI is InChI=1S/C22H25ClF3N3O/c1-15(7-8-16-5-3-2-4-6-16)28-21(30)17-9-11-29(12-10-17)20-19(23)13-18(14-27-20)22(24,25)26/h2-6,13-15,17H,7-12H2,1H3,(H,28,30). The summed E-state index contributed by atoms with van der Waals surface area (Å²) in [6.07, 6.45) is -0.697. The Balaban J connectivity index is 1.48. The van der Waals surface area contributed by atoms with Crippen LogP contribution in [0.4, 0.5) is 19.0 Å². The van der Waals surface area contributed by atoms with E-state index in [-0.39, 0.29) is 22.9 Å². The quantitative estimate of drug-likeness (QED) is 0.680. The van der Waals surface area contributed by atoms with Crippen LogP contribution in [0.2, 0.25) is 5.02 Å². The molecule has 30 heavy (non-hydrogen) atoms. The van der Waals surface area contributed by atoms with Crippen LogP contribution in [0.3, 0.4) is 0 Å². The van der Waals surface area contributed by atoms with Crippen LogP contribution in [0.1, 0.15) is 37.3 Å². The van der Waals surface area contributed by atoms with Gasteiger partial charge in [0.1, 0.15) is 5.82 Å². The average Bonchev–Trinajstić information content (AvgIpc) is 2.72. The zero-order valence-corrected chi connectivity index (χ0v) is 17.5. The van der Waals surface area contributed by atoms with E-state index < -0.39 is 11.7 Å². The summed E-state index contributed by atoms with van der Waals surface area (Å²) in [5.41, 5.74) is 0.378. The molecule has 1 aliphatic rings. The minimum Gasteiger partial charge on any atom is -0.355 e. The second kappa shape index (κ2) is 9.69. The Labute approximate surface area is 179 Å². The first-order chi connectivity index (χ1) is 14.2. The number of amides is 1. The lowest BCUT2D eigenvalue weighted by Gasteiger charge is -2.33. The Morgan fingerprint density at radius 1 is 1.27 bits per heavy atom. The highest BCUT2D eigenvalue weighted by Crippen LogP contribution is 2.34. The minimum atomic E-state index is -4.47. The van der Waals surface area contributed by atoms with Crippen LogP contribution in [0.25, 0.3) is 0 Å². The van der Waals surface area contributed by atoms with Gasteiger partial charge in [0, 0.05) is 31.2 Å². The molecule has 3 rings (SSSR count). The number of benzene rings is 1. The molecular formula is C22H25ClF3N3O. The van der Waals surface area contributed by atoms with Gasteiger partial charge in [-0.1, -0.05) is 41.9 Å². The molecule has 0 spiro atoms. The van der Waals surface area contributed by atoms with Gasteiger partial charge in [0.05, 0.1) is 10.6 Å². The van der Waals surface area contributed by atoms with E-state index in [0.29, 0.717) is 31.7 Å². The van der Waals surface area contributed by atoms with Crippen LogP contribution in [0.5, 0.6) is 0 Å². The lowest BCUT2D eigenvalue weighted by atomic mass is 9.95. The Morgan fingerprint density at radius 2 is 1.93 bits per heavy atom. The van der Waals surface area contributed by atoms with Gasteiger partial charge in [-0.2, -0.15) is 13.2 Å². The number of carbonyl (C=O) groups is 1. The van der Waals surface area contributed by atoms with E-state index in [9.17, 15) is 18.0 Å². The fourth-order valence-electron chi connectivity index (χ4n) is 3.63. The molecule has 0 saturated carbocycles. The molecule has 1 saturated heterocycles. The molecule has 1 aromatic carbocycles. The molecule has 1 atom stereocenters. The Kier molecular flexibility index (Phi) is 7.23. The van der Waals surface area contributed by atoms with Gasteiger partial charge in [-0.3, -0.25) is 4.79 Å². The van der Waals surface area contributed by atoms with Gasteiger partial charge in [0.15, 0.2) is 0 Å². The third kappa shape index (κ3) is 5.88. The predicted molar refractivity (Wildman–Crippen MR) is 112 cm³/mol. The number of rotatable bonds is 6. The predicted octanol–water partition coefficient (Wildman–Crippen LogP) is 5.11. The maximum atomic E-state index is 12.8. The number of hydrogen-bond acceptors (Lipinski definition) is 3. The number of halogens is 4. The van der Waals surface area contributed by atoms with Crippen molar-refractivity contribution >= 4 is 23.3 Å². The molecule has 1 unspecified atom stereocenters. The van der Waals surface area contributed by atoms with E-state index in [4.69, 9.17) is 11.6 Å². The number of hydrogen-bond donors (Lipinski definition) is 1. The van der Waals surface area contributed by atoms with Crippen LogP contribution in [-0.2, 0) is 17.4 Å². The number of aryl methyl sites for hydroxylation is 1. The van der Waals surface area contributed by atoms with Gasteiger partial charge in [-0.25, -0.2) is 4.98 Å². The van der Waals surface area contributed by atoms with Crippen molar-refractivity contribution in [2.24, 2.45) is 5.92 Å². The van der Waals surface area contributed by atoms with E-state index in [0.717, 1.165) is 25.1 Å². The summed E-state index contributed by atoms with van der Waals surface area (Å²) in [6.45, 7) is 3.05. The maximum absolute atomic E-state index is 12.8. The molecular weight excluding hydrogens is 415 g/mol. The van der Waals surface area contributed by atoms with Crippen molar-refractivity contribution in [1.29, 1.82) is 0 Å². The van der Waals surface area contributed by atoms with Gasteiger partial charge in [-0.15, -0.1) is 0 Å². The molecule has 2 heterocycles. The first-order valence-corrected chi connectivity index (χ1v) is 10.4. The Bertz CT molecular complexity index is 852. The maximum Gasteiger partial charge on any atom is 0.417 e. The van der Waals surface area contributed by atoms with Gasteiger partial charge in [-0.05, 0) is 44.2 Å². The van der Waals surface area contributed by atoms with Crippen LogP contribution in [0.15, 0.2) is 42.6 Å². The number of carbonyl (C=O) groups excluding carboxylic acids is 1. The molecule has 2 aromatic rings. The summed E-state index contributed by atoms with van der Waals surface area (Å²) in [5, 5.41) is 3.06. The molecule has 4 nitrogen and oxygen atoms in total. The first kappa shape index (κ1) is 22.4. The Morgan fingerprint density at radius 3 is 2.53 bits per heavy atom. The number of alkyl halides is 3. The fraction of sp³-hybridized carbons (Fsp3) is 0.455. The highest BCUT2D eigenvalue weighted by Gasteiger charge is 2.33. The van der Waals surface area contributed by atoms with Crippen LogP contribution in [0, 0.1) is 5.92 Å². The molecule has 1 amide bonds.